The molecule has 0 atom stereocenters. The van der Waals surface area contributed by atoms with E-state index in [4.69, 9.17) is 4.74 Å². The van der Waals surface area contributed by atoms with Crippen LogP contribution in [0.5, 0.6) is 0 Å². The molecule has 0 radical (unpaired) electrons. The van der Waals surface area contributed by atoms with Crippen molar-refractivity contribution in [3.8, 4) is 0 Å². The number of amides is 1. The number of ether oxygens (including phenoxy) is 1. The number of hydrogen-bond donors (Lipinski definition) is 2. The predicted octanol–water partition coefficient (Wildman–Crippen LogP) is 0.814. The van der Waals surface area contributed by atoms with Crippen molar-refractivity contribution in [2.24, 2.45) is 4.99 Å². The molecular weight excluding hydrogens is 485 g/mol. The molecule has 0 saturated carbocycles. The van der Waals surface area contributed by atoms with E-state index >= 15 is 0 Å². The van der Waals surface area contributed by atoms with E-state index in [1.807, 2.05) is 27.7 Å². The summed E-state index contributed by atoms with van der Waals surface area (Å²) in [5.74, 6) is 0.871. The zero-order valence-corrected chi connectivity index (χ0v) is 19.7. The van der Waals surface area contributed by atoms with Gasteiger partial charge >= 0.3 is 6.09 Å². The van der Waals surface area contributed by atoms with Gasteiger partial charge in [-0.1, -0.05) is 0 Å². The molecule has 2 aliphatic heterocycles. The summed E-state index contributed by atoms with van der Waals surface area (Å²) in [5.41, 5.74) is -0.498. The molecule has 1 amide bonds. The van der Waals surface area contributed by atoms with Gasteiger partial charge in [-0.15, -0.1) is 24.0 Å². The Hall–Kier alpha value is -0.820. The molecule has 2 fully saturated rings. The fourth-order valence-corrected chi connectivity index (χ4v) is 4.29. The molecular formula is C16H32IN5O4S. The Kier molecular flexibility index (Phi) is 9.06. The second-order valence-electron chi connectivity index (χ2n) is 7.56. The van der Waals surface area contributed by atoms with E-state index in [1.165, 1.54) is 4.31 Å². The largest absolute Gasteiger partial charge is 0.444 e. The topological polar surface area (TPSA) is 103 Å². The van der Waals surface area contributed by atoms with E-state index in [2.05, 4.69) is 15.6 Å². The fraction of sp³-hybridized carbons (Fsp3) is 0.875. The standard InChI is InChI=1S/C16H31N5O4S.HI/c1-5-17-14(18-7-9-21-8-6-10-26(21,23)24)19-13-11-20(12-13)15(22)25-16(2,3)4;/h13H,5-12H2,1-4H3,(H2,17,18,19);1H. The highest BCUT2D eigenvalue weighted by molar-refractivity contribution is 14.0. The molecule has 2 rings (SSSR count). The lowest BCUT2D eigenvalue weighted by Crippen LogP contribution is -2.63. The summed E-state index contributed by atoms with van der Waals surface area (Å²) in [4.78, 5) is 18.0. The van der Waals surface area contributed by atoms with Crippen LogP contribution in [0.2, 0.25) is 0 Å². The minimum atomic E-state index is -3.08. The lowest BCUT2D eigenvalue weighted by atomic mass is 10.1. The molecule has 0 unspecified atom stereocenters. The number of nitrogens with one attached hydrogen (secondary N) is 2. The number of guanidine groups is 1. The van der Waals surface area contributed by atoms with Crippen LogP contribution in [-0.2, 0) is 14.8 Å². The molecule has 2 heterocycles. The van der Waals surface area contributed by atoms with Gasteiger partial charge in [0.25, 0.3) is 0 Å². The van der Waals surface area contributed by atoms with Gasteiger partial charge in [-0.05, 0) is 34.1 Å². The summed E-state index contributed by atoms with van der Waals surface area (Å²) in [5, 5.41) is 6.42. The van der Waals surface area contributed by atoms with Crippen molar-refractivity contribution in [3.05, 3.63) is 0 Å². The maximum absolute atomic E-state index is 11.9. The number of hydrogen-bond acceptors (Lipinski definition) is 5. The predicted molar refractivity (Wildman–Crippen MR) is 116 cm³/mol. The van der Waals surface area contributed by atoms with Crippen molar-refractivity contribution in [1.82, 2.24) is 19.8 Å². The lowest BCUT2D eigenvalue weighted by molar-refractivity contribution is 0.00700. The molecule has 11 heteroatoms. The van der Waals surface area contributed by atoms with Crippen LogP contribution in [0.3, 0.4) is 0 Å². The van der Waals surface area contributed by atoms with E-state index < -0.39 is 15.6 Å². The number of halogens is 1. The number of aliphatic imine (C=N–C) groups is 1. The maximum atomic E-state index is 11.9. The van der Waals surface area contributed by atoms with Crippen molar-refractivity contribution in [1.29, 1.82) is 0 Å². The van der Waals surface area contributed by atoms with Gasteiger partial charge in [-0.2, -0.15) is 0 Å². The summed E-state index contributed by atoms with van der Waals surface area (Å²) >= 11 is 0. The first-order chi connectivity index (χ1) is 12.1. The SMILES string of the molecule is CCNC(=NCCN1CCCS1(=O)=O)NC1CN(C(=O)OC(C)(C)C)C1.I. The van der Waals surface area contributed by atoms with Crippen LogP contribution in [0.1, 0.15) is 34.1 Å². The van der Waals surface area contributed by atoms with Gasteiger partial charge in [0.1, 0.15) is 5.60 Å². The van der Waals surface area contributed by atoms with E-state index in [0.717, 1.165) is 0 Å². The smallest absolute Gasteiger partial charge is 0.410 e. The Morgan fingerprint density at radius 1 is 1.30 bits per heavy atom. The molecule has 0 spiro atoms. The third kappa shape index (κ3) is 7.60. The second kappa shape index (κ2) is 10.1. The molecule has 0 aromatic rings. The molecule has 0 aromatic carbocycles. The van der Waals surface area contributed by atoms with Gasteiger partial charge in [0.15, 0.2) is 5.96 Å². The number of sulfonamides is 1. The Morgan fingerprint density at radius 3 is 2.48 bits per heavy atom. The highest BCUT2D eigenvalue weighted by Crippen LogP contribution is 2.15. The molecule has 158 valence electrons. The average Bonchev–Trinajstić information content (AvgIpc) is 2.79. The highest BCUT2D eigenvalue weighted by Gasteiger charge is 2.34. The molecule has 9 nitrogen and oxygen atoms in total. The van der Waals surface area contributed by atoms with E-state index in [9.17, 15) is 13.2 Å². The number of carbonyl (C=O) groups excluding carboxylic acids is 1. The third-order valence-electron chi connectivity index (χ3n) is 4.04. The first-order valence-electron chi connectivity index (χ1n) is 9.11. The monoisotopic (exact) mass is 517 g/mol. The van der Waals surface area contributed by atoms with Crippen molar-refractivity contribution in [3.63, 3.8) is 0 Å². The number of likely N-dealkylation sites (tertiary alicyclic amines) is 1. The molecule has 0 aromatic heterocycles. The van der Waals surface area contributed by atoms with Crippen LogP contribution < -0.4 is 10.6 Å². The maximum Gasteiger partial charge on any atom is 0.410 e. The van der Waals surface area contributed by atoms with Crippen molar-refractivity contribution in [2.45, 2.75) is 45.8 Å². The first kappa shape index (κ1) is 24.2. The minimum Gasteiger partial charge on any atom is -0.444 e. The van der Waals surface area contributed by atoms with Crippen LogP contribution in [0.15, 0.2) is 4.99 Å². The van der Waals surface area contributed by atoms with Gasteiger partial charge in [0, 0.05) is 32.7 Å². The van der Waals surface area contributed by atoms with E-state index in [-0.39, 0.29) is 41.9 Å². The fourth-order valence-electron chi connectivity index (χ4n) is 2.77. The summed E-state index contributed by atoms with van der Waals surface area (Å²) in [6.45, 7) is 10.7. The zero-order chi connectivity index (χ0) is 19.4. The molecule has 0 aliphatic carbocycles. The van der Waals surface area contributed by atoms with Crippen LogP contribution >= 0.6 is 24.0 Å². The first-order valence-corrected chi connectivity index (χ1v) is 10.7. The molecule has 0 bridgehead atoms. The Labute approximate surface area is 179 Å². The van der Waals surface area contributed by atoms with E-state index in [0.29, 0.717) is 51.6 Å². The summed E-state index contributed by atoms with van der Waals surface area (Å²) in [6, 6.07) is 0.107. The van der Waals surface area contributed by atoms with Gasteiger partial charge in [-0.25, -0.2) is 17.5 Å². The molecule has 2 N–H and O–H groups in total. The quantitative estimate of drug-likeness (QED) is 0.318. The van der Waals surface area contributed by atoms with Crippen LogP contribution in [-0.4, -0.2) is 86.3 Å². The Balaban J connectivity index is 0.00000364. The number of carbonyl (C=O) groups is 1. The average molecular weight is 517 g/mol. The van der Waals surface area contributed by atoms with Crippen LogP contribution in [0, 0.1) is 0 Å². The van der Waals surface area contributed by atoms with Crippen molar-refractivity contribution < 1.29 is 17.9 Å². The van der Waals surface area contributed by atoms with Crippen LogP contribution in [0.25, 0.3) is 0 Å². The van der Waals surface area contributed by atoms with Gasteiger partial charge in [0.05, 0.1) is 18.3 Å². The van der Waals surface area contributed by atoms with Gasteiger partial charge in [-0.3, -0.25) is 4.99 Å². The second-order valence-corrected chi connectivity index (χ2v) is 9.64. The lowest BCUT2D eigenvalue weighted by Gasteiger charge is -2.40. The molecule has 2 aliphatic rings. The zero-order valence-electron chi connectivity index (χ0n) is 16.5. The van der Waals surface area contributed by atoms with E-state index in [1.54, 1.807) is 4.90 Å². The van der Waals surface area contributed by atoms with Crippen LogP contribution in [0.4, 0.5) is 4.79 Å². The highest BCUT2D eigenvalue weighted by atomic mass is 127. The van der Waals surface area contributed by atoms with Gasteiger partial charge < -0.3 is 20.3 Å². The normalized spacial score (nSPS) is 20.6. The Bertz CT molecular complexity index is 629. The third-order valence-corrected chi connectivity index (χ3v) is 6.00. The van der Waals surface area contributed by atoms with Crippen molar-refractivity contribution in [2.75, 3.05) is 45.0 Å². The number of rotatable bonds is 5. The van der Waals surface area contributed by atoms with Crippen molar-refractivity contribution >= 4 is 46.1 Å². The molecule has 2 saturated heterocycles. The Morgan fingerprint density at radius 2 is 1.96 bits per heavy atom. The van der Waals surface area contributed by atoms with Gasteiger partial charge in [0.2, 0.25) is 10.0 Å². The summed E-state index contributed by atoms with van der Waals surface area (Å²) in [6.07, 6.45) is 0.379. The summed E-state index contributed by atoms with van der Waals surface area (Å²) in [7, 11) is -3.08. The minimum absolute atomic E-state index is 0. The number of nitrogens with zero attached hydrogens (tertiary/aromatic N) is 3. The molecule has 27 heavy (non-hydrogen) atoms. The summed E-state index contributed by atoms with van der Waals surface area (Å²) < 4.78 is 30.4.